The van der Waals surface area contributed by atoms with Crippen molar-refractivity contribution in [3.8, 4) is 5.75 Å². The Hall–Kier alpha value is -2.52. The van der Waals surface area contributed by atoms with Crippen LogP contribution in [0.25, 0.3) is 0 Å². The van der Waals surface area contributed by atoms with E-state index in [1.54, 1.807) is 13.4 Å². The number of rotatable bonds is 9. The average molecular weight is 521 g/mol. The normalized spacial score (nSPS) is 12.0. The zero-order valence-electron chi connectivity index (χ0n) is 17.0. The van der Waals surface area contributed by atoms with Crippen LogP contribution < -0.4 is 15.4 Å². The molecule has 6 nitrogen and oxygen atoms in total. The minimum atomic E-state index is -0.616. The molecule has 0 radical (unpaired) electrons. The predicted molar refractivity (Wildman–Crippen MR) is 129 cm³/mol. The highest BCUT2D eigenvalue weighted by molar-refractivity contribution is 14.0. The van der Waals surface area contributed by atoms with E-state index in [0.29, 0.717) is 25.6 Å². The van der Waals surface area contributed by atoms with Crippen LogP contribution in [0.1, 0.15) is 23.0 Å². The molecule has 0 bridgehead atoms. The monoisotopic (exact) mass is 521 g/mol. The van der Waals surface area contributed by atoms with Crippen LogP contribution >= 0.6 is 24.0 Å². The number of aliphatic hydroxyl groups is 1. The first-order chi connectivity index (χ1) is 14.2. The molecule has 0 spiro atoms. The number of halogens is 1. The second kappa shape index (κ2) is 12.9. The van der Waals surface area contributed by atoms with Crippen molar-refractivity contribution in [1.82, 2.24) is 10.6 Å². The number of nitrogens with one attached hydrogen (secondary N) is 2. The number of hydrogen-bond acceptors (Lipinski definition) is 4. The minimum absolute atomic E-state index is 0. The molecule has 0 saturated heterocycles. The van der Waals surface area contributed by atoms with Crippen molar-refractivity contribution >= 4 is 29.9 Å². The van der Waals surface area contributed by atoms with Gasteiger partial charge in [-0.2, -0.15) is 0 Å². The van der Waals surface area contributed by atoms with E-state index in [0.717, 1.165) is 29.1 Å². The van der Waals surface area contributed by atoms with Gasteiger partial charge in [-0.1, -0.05) is 42.5 Å². The highest BCUT2D eigenvalue weighted by atomic mass is 127. The molecule has 0 aliphatic rings. The number of hydrogen-bond donors (Lipinski definition) is 3. The maximum Gasteiger partial charge on any atom is 0.191 e. The third-order valence-electron chi connectivity index (χ3n) is 4.47. The van der Waals surface area contributed by atoms with Crippen molar-refractivity contribution < 1.29 is 14.3 Å². The number of aliphatic imine (C=N–C) groups is 1. The number of nitrogens with zero attached hydrogens (tertiary/aromatic N) is 1. The number of ether oxygens (including phenoxy) is 1. The summed E-state index contributed by atoms with van der Waals surface area (Å²) in [5, 5.41) is 16.9. The summed E-state index contributed by atoms with van der Waals surface area (Å²) >= 11 is 0. The molecule has 30 heavy (non-hydrogen) atoms. The molecule has 0 aliphatic heterocycles. The lowest BCUT2D eigenvalue weighted by atomic mass is 10.1. The van der Waals surface area contributed by atoms with Gasteiger partial charge in [0.15, 0.2) is 5.96 Å². The Morgan fingerprint density at radius 2 is 1.80 bits per heavy atom. The van der Waals surface area contributed by atoms with E-state index >= 15 is 0 Å². The molecule has 160 valence electrons. The van der Waals surface area contributed by atoms with Gasteiger partial charge in [-0.15, -0.1) is 24.0 Å². The van der Waals surface area contributed by atoms with Gasteiger partial charge in [0.25, 0.3) is 0 Å². The minimum Gasteiger partial charge on any atom is -0.497 e. The van der Waals surface area contributed by atoms with E-state index in [9.17, 15) is 5.11 Å². The van der Waals surface area contributed by atoms with Crippen LogP contribution in [0.2, 0.25) is 0 Å². The Bertz CT molecular complexity index is 868. The van der Waals surface area contributed by atoms with Crippen LogP contribution in [-0.4, -0.2) is 31.3 Å². The molecule has 1 unspecified atom stereocenters. The van der Waals surface area contributed by atoms with Crippen molar-refractivity contribution in [2.45, 2.75) is 19.1 Å². The molecule has 1 heterocycles. The maximum absolute atomic E-state index is 10.4. The van der Waals surface area contributed by atoms with E-state index in [-0.39, 0.29) is 24.0 Å². The molecular formula is C23H28IN3O3. The van der Waals surface area contributed by atoms with E-state index in [1.807, 2.05) is 66.7 Å². The molecule has 0 aliphatic carbocycles. The number of guanidine groups is 1. The predicted octanol–water partition coefficient (Wildman–Crippen LogP) is 3.92. The summed E-state index contributed by atoms with van der Waals surface area (Å²) in [5.41, 5.74) is 1.94. The van der Waals surface area contributed by atoms with Crippen molar-refractivity contribution in [3.05, 3.63) is 89.9 Å². The lowest BCUT2D eigenvalue weighted by Crippen LogP contribution is -2.40. The lowest BCUT2D eigenvalue weighted by molar-refractivity contribution is 0.181. The molecule has 3 rings (SSSR count). The van der Waals surface area contributed by atoms with Gasteiger partial charge < -0.3 is 24.9 Å². The zero-order chi connectivity index (χ0) is 20.3. The summed E-state index contributed by atoms with van der Waals surface area (Å²) in [7, 11) is 1.65. The van der Waals surface area contributed by atoms with Crippen molar-refractivity contribution in [2.24, 2.45) is 4.99 Å². The first kappa shape index (κ1) is 23.8. The van der Waals surface area contributed by atoms with Gasteiger partial charge in [-0.3, -0.25) is 0 Å². The van der Waals surface area contributed by atoms with E-state index in [4.69, 9.17) is 9.15 Å². The smallest absolute Gasteiger partial charge is 0.191 e. The molecule has 7 heteroatoms. The van der Waals surface area contributed by atoms with E-state index in [1.165, 1.54) is 0 Å². The average Bonchev–Trinajstić information content (AvgIpc) is 3.29. The van der Waals surface area contributed by atoms with Gasteiger partial charge in [0.1, 0.15) is 11.5 Å². The standard InChI is InChI=1S/C23H27N3O3.HI/c1-28-20-11-9-18(10-12-20)16-25-23(24-14-13-21-8-5-15-29-21)26-17-22(27)19-6-3-2-4-7-19;/h2-12,15,22,27H,13-14,16-17H2,1H3,(H2,24,25,26);1H. The van der Waals surface area contributed by atoms with Crippen LogP contribution in [0, 0.1) is 0 Å². The number of methoxy groups -OCH3 is 1. The molecule has 3 aromatic rings. The van der Waals surface area contributed by atoms with Gasteiger partial charge in [-0.05, 0) is 35.4 Å². The number of furan rings is 1. The summed E-state index contributed by atoms with van der Waals surface area (Å²) < 4.78 is 10.6. The van der Waals surface area contributed by atoms with Gasteiger partial charge >= 0.3 is 0 Å². The SMILES string of the molecule is COc1ccc(CN=C(NCCc2ccco2)NCC(O)c2ccccc2)cc1.I. The molecule has 1 atom stereocenters. The Kier molecular flexibility index (Phi) is 10.2. The Labute approximate surface area is 194 Å². The molecule has 0 saturated carbocycles. The third kappa shape index (κ3) is 7.72. The van der Waals surface area contributed by atoms with Crippen molar-refractivity contribution in [2.75, 3.05) is 20.2 Å². The van der Waals surface area contributed by atoms with Crippen molar-refractivity contribution in [3.63, 3.8) is 0 Å². The number of aliphatic hydroxyl groups excluding tert-OH is 1. The second-order valence-corrected chi connectivity index (χ2v) is 6.58. The summed E-state index contributed by atoms with van der Waals surface area (Å²) in [4.78, 5) is 4.65. The van der Waals surface area contributed by atoms with Crippen LogP contribution in [0.3, 0.4) is 0 Å². The Morgan fingerprint density at radius 3 is 2.47 bits per heavy atom. The fourth-order valence-corrected chi connectivity index (χ4v) is 2.82. The molecule has 1 aromatic heterocycles. The first-order valence-corrected chi connectivity index (χ1v) is 9.65. The molecule has 0 fully saturated rings. The van der Waals surface area contributed by atoms with Crippen LogP contribution in [0.5, 0.6) is 5.75 Å². The van der Waals surface area contributed by atoms with E-state index < -0.39 is 6.10 Å². The summed E-state index contributed by atoms with van der Waals surface area (Å²) in [6.45, 7) is 1.55. The molecule has 0 amide bonds. The Balaban J connectivity index is 0.00000320. The molecule has 2 aromatic carbocycles. The van der Waals surface area contributed by atoms with Crippen LogP contribution in [0.15, 0.2) is 82.4 Å². The van der Waals surface area contributed by atoms with Crippen molar-refractivity contribution in [1.29, 1.82) is 0 Å². The van der Waals surface area contributed by atoms with Crippen LogP contribution in [0.4, 0.5) is 0 Å². The summed E-state index contributed by atoms with van der Waals surface area (Å²) in [6, 6.07) is 21.2. The zero-order valence-corrected chi connectivity index (χ0v) is 19.3. The van der Waals surface area contributed by atoms with E-state index in [2.05, 4.69) is 15.6 Å². The van der Waals surface area contributed by atoms with Gasteiger partial charge in [0, 0.05) is 19.5 Å². The quantitative estimate of drug-likeness (QED) is 0.226. The topological polar surface area (TPSA) is 79.0 Å². The lowest BCUT2D eigenvalue weighted by Gasteiger charge is -2.16. The maximum atomic E-state index is 10.4. The Morgan fingerprint density at radius 1 is 1.03 bits per heavy atom. The van der Waals surface area contributed by atoms with Crippen LogP contribution in [-0.2, 0) is 13.0 Å². The summed E-state index contributed by atoms with van der Waals surface area (Å²) in [6.07, 6.45) is 1.80. The largest absolute Gasteiger partial charge is 0.497 e. The highest BCUT2D eigenvalue weighted by Gasteiger charge is 2.08. The molecule has 3 N–H and O–H groups in total. The third-order valence-corrected chi connectivity index (χ3v) is 4.47. The fraction of sp³-hybridized carbons (Fsp3) is 0.261. The summed E-state index contributed by atoms with van der Waals surface area (Å²) in [5.74, 6) is 2.37. The van der Waals surface area contributed by atoms with Gasteiger partial charge in [-0.25, -0.2) is 4.99 Å². The highest BCUT2D eigenvalue weighted by Crippen LogP contribution is 2.12. The number of benzene rings is 2. The first-order valence-electron chi connectivity index (χ1n) is 9.65. The van der Waals surface area contributed by atoms with Gasteiger partial charge in [0.05, 0.1) is 26.0 Å². The fourth-order valence-electron chi connectivity index (χ4n) is 2.82. The molecular weight excluding hydrogens is 493 g/mol. The van der Waals surface area contributed by atoms with Gasteiger partial charge in [0.2, 0.25) is 0 Å². The second-order valence-electron chi connectivity index (χ2n) is 6.58.